The van der Waals surface area contributed by atoms with Gasteiger partial charge in [0.15, 0.2) is 11.9 Å². The van der Waals surface area contributed by atoms with Crippen molar-refractivity contribution in [3.8, 4) is 0 Å². The first-order valence-corrected chi connectivity index (χ1v) is 8.25. The first kappa shape index (κ1) is 20.0. The number of Topliss-reactive ketones (excluding diaryl/α,β-unsaturated/α-hetero) is 2. The van der Waals surface area contributed by atoms with Crippen LogP contribution in [0.5, 0.6) is 0 Å². The van der Waals surface area contributed by atoms with Crippen LogP contribution in [-0.4, -0.2) is 33.5 Å². The molecule has 2 aromatic rings. The Labute approximate surface area is 155 Å². The van der Waals surface area contributed by atoms with Crippen LogP contribution in [0.25, 0.3) is 0 Å². The van der Waals surface area contributed by atoms with E-state index in [9.17, 15) is 24.5 Å². The lowest BCUT2D eigenvalue weighted by Crippen LogP contribution is -2.25. The van der Waals surface area contributed by atoms with Gasteiger partial charge in [0, 0.05) is 22.9 Å². The Morgan fingerprint density at radius 3 is 2.30 bits per heavy atom. The van der Waals surface area contributed by atoms with Gasteiger partial charge in [-0.15, -0.1) is 0 Å². The molecule has 0 saturated carbocycles. The van der Waals surface area contributed by atoms with Gasteiger partial charge in [0.05, 0.1) is 16.2 Å². The molecule has 8 nitrogen and oxygen atoms in total. The summed E-state index contributed by atoms with van der Waals surface area (Å²) in [6, 6.07) is 4.07. The number of aromatic amines is 1. The Morgan fingerprint density at radius 2 is 1.78 bits per heavy atom. The van der Waals surface area contributed by atoms with Crippen molar-refractivity contribution in [2.45, 2.75) is 40.7 Å². The highest BCUT2D eigenvalue weighted by Crippen LogP contribution is 2.23. The van der Waals surface area contributed by atoms with Gasteiger partial charge < -0.3 is 9.72 Å². The highest BCUT2D eigenvalue weighted by Gasteiger charge is 2.27. The second kappa shape index (κ2) is 7.53. The molecule has 0 radical (unpaired) electrons. The molecule has 0 aliphatic heterocycles. The predicted octanol–water partition coefficient (Wildman–Crippen LogP) is 3.48. The number of hydrogen-bond acceptors (Lipinski definition) is 6. The molecule has 1 atom stereocenters. The van der Waals surface area contributed by atoms with Crippen molar-refractivity contribution in [1.82, 2.24) is 4.98 Å². The summed E-state index contributed by atoms with van der Waals surface area (Å²) in [5, 5.41) is 11.0. The van der Waals surface area contributed by atoms with E-state index in [1.807, 2.05) is 0 Å². The van der Waals surface area contributed by atoms with Gasteiger partial charge in [-0.25, -0.2) is 4.79 Å². The summed E-state index contributed by atoms with van der Waals surface area (Å²) in [4.78, 5) is 50.0. The van der Waals surface area contributed by atoms with Gasteiger partial charge in [-0.3, -0.25) is 19.7 Å². The fourth-order valence-corrected chi connectivity index (χ4v) is 3.05. The summed E-state index contributed by atoms with van der Waals surface area (Å²) in [7, 11) is 0. The van der Waals surface area contributed by atoms with E-state index in [2.05, 4.69) is 4.98 Å². The van der Waals surface area contributed by atoms with Crippen LogP contribution in [0.4, 0.5) is 5.69 Å². The van der Waals surface area contributed by atoms with E-state index in [0.717, 1.165) is 0 Å². The van der Waals surface area contributed by atoms with Crippen molar-refractivity contribution in [2.75, 3.05) is 0 Å². The van der Waals surface area contributed by atoms with Crippen LogP contribution in [0.3, 0.4) is 0 Å². The molecule has 8 heteroatoms. The number of ketones is 2. The standard InChI is InChI=1S/C19H20N2O6/c1-9-14(7-6-8-15(9)21(25)26)19(24)27-13(5)18(23)17-10(2)16(12(4)22)11(3)20-17/h6-8,13,20H,1-5H3/t13-/m1/s1. The number of aromatic nitrogens is 1. The number of benzene rings is 1. The molecular weight excluding hydrogens is 352 g/mol. The Kier molecular flexibility index (Phi) is 5.58. The Morgan fingerprint density at radius 1 is 1.15 bits per heavy atom. The molecule has 0 spiro atoms. The minimum atomic E-state index is -1.13. The van der Waals surface area contributed by atoms with Gasteiger partial charge in [-0.05, 0) is 46.2 Å². The van der Waals surface area contributed by atoms with E-state index < -0.39 is 22.8 Å². The molecule has 0 bridgehead atoms. The lowest BCUT2D eigenvalue weighted by molar-refractivity contribution is -0.385. The van der Waals surface area contributed by atoms with Crippen molar-refractivity contribution in [2.24, 2.45) is 0 Å². The Balaban J connectivity index is 2.26. The number of nitro groups is 1. The largest absolute Gasteiger partial charge is 0.451 e. The average molecular weight is 372 g/mol. The van der Waals surface area contributed by atoms with E-state index in [1.165, 1.54) is 39.0 Å². The van der Waals surface area contributed by atoms with Gasteiger partial charge in [-0.1, -0.05) is 6.07 Å². The van der Waals surface area contributed by atoms with Crippen LogP contribution in [0.2, 0.25) is 0 Å². The minimum absolute atomic E-state index is 0.0210. The molecule has 0 fully saturated rings. The van der Waals surface area contributed by atoms with Crippen LogP contribution >= 0.6 is 0 Å². The quantitative estimate of drug-likeness (QED) is 0.359. The van der Waals surface area contributed by atoms with Crippen molar-refractivity contribution in [3.63, 3.8) is 0 Å². The molecule has 0 amide bonds. The molecule has 27 heavy (non-hydrogen) atoms. The lowest BCUT2D eigenvalue weighted by Gasteiger charge is -2.13. The van der Waals surface area contributed by atoms with E-state index in [4.69, 9.17) is 4.74 Å². The first-order chi connectivity index (χ1) is 12.6. The summed E-state index contributed by atoms with van der Waals surface area (Å²) in [5.41, 5.74) is 1.69. The number of nitro benzene ring substituents is 1. The van der Waals surface area contributed by atoms with Crippen LogP contribution in [0.15, 0.2) is 18.2 Å². The molecule has 0 aliphatic carbocycles. The fraction of sp³-hybridized carbons (Fsp3) is 0.316. The number of nitrogens with one attached hydrogen (secondary N) is 1. The predicted molar refractivity (Wildman–Crippen MR) is 97.3 cm³/mol. The van der Waals surface area contributed by atoms with Crippen molar-refractivity contribution < 1.29 is 24.0 Å². The van der Waals surface area contributed by atoms with Gasteiger partial charge in [0.1, 0.15) is 0 Å². The van der Waals surface area contributed by atoms with E-state index in [0.29, 0.717) is 16.8 Å². The Bertz CT molecular complexity index is 957. The maximum atomic E-state index is 12.7. The molecule has 1 heterocycles. The van der Waals surface area contributed by atoms with E-state index in [-0.39, 0.29) is 28.3 Å². The molecule has 1 aromatic heterocycles. The second-order valence-corrected chi connectivity index (χ2v) is 6.30. The highest BCUT2D eigenvalue weighted by atomic mass is 16.6. The third kappa shape index (κ3) is 3.79. The van der Waals surface area contributed by atoms with Crippen molar-refractivity contribution in [1.29, 1.82) is 0 Å². The number of ether oxygens (including phenoxy) is 1. The normalized spacial score (nSPS) is 11.7. The SMILES string of the molecule is CC(=O)c1c(C)[nH]c(C(=O)[C@@H](C)OC(=O)c2cccc([N+](=O)[O-])c2C)c1C. The summed E-state index contributed by atoms with van der Waals surface area (Å²) in [6.07, 6.45) is -1.13. The monoisotopic (exact) mass is 372 g/mol. The van der Waals surface area contributed by atoms with Crippen LogP contribution in [-0.2, 0) is 4.74 Å². The molecule has 0 aliphatic rings. The molecule has 1 N–H and O–H groups in total. The summed E-state index contributed by atoms with van der Waals surface area (Å²) < 4.78 is 5.22. The van der Waals surface area contributed by atoms with Gasteiger partial charge >= 0.3 is 5.97 Å². The lowest BCUT2D eigenvalue weighted by atomic mass is 10.0. The number of carbonyl (C=O) groups is 3. The zero-order chi connectivity index (χ0) is 20.5. The Hall–Kier alpha value is -3.29. The number of nitrogens with zero attached hydrogens (tertiary/aromatic N) is 1. The van der Waals surface area contributed by atoms with E-state index >= 15 is 0 Å². The number of carbonyl (C=O) groups excluding carboxylic acids is 3. The second-order valence-electron chi connectivity index (χ2n) is 6.30. The van der Waals surface area contributed by atoms with Crippen LogP contribution in [0, 0.1) is 30.9 Å². The fourth-order valence-electron chi connectivity index (χ4n) is 3.05. The third-order valence-corrected chi connectivity index (χ3v) is 4.41. The zero-order valence-electron chi connectivity index (χ0n) is 15.7. The number of aryl methyl sites for hydroxylation is 1. The highest BCUT2D eigenvalue weighted by molar-refractivity contribution is 6.05. The zero-order valence-corrected chi connectivity index (χ0v) is 15.7. The van der Waals surface area contributed by atoms with Gasteiger partial charge in [0.25, 0.3) is 5.69 Å². The number of rotatable bonds is 6. The summed E-state index contributed by atoms with van der Waals surface area (Å²) >= 11 is 0. The van der Waals surface area contributed by atoms with Crippen molar-refractivity contribution in [3.05, 3.63) is 62.0 Å². The molecular formula is C19H20N2O6. The molecule has 0 saturated heterocycles. The molecule has 142 valence electrons. The topological polar surface area (TPSA) is 119 Å². The number of esters is 1. The maximum absolute atomic E-state index is 12.7. The number of hydrogen-bond donors (Lipinski definition) is 1. The molecule has 0 unspecified atom stereocenters. The van der Waals surface area contributed by atoms with Gasteiger partial charge in [0.2, 0.25) is 5.78 Å². The third-order valence-electron chi connectivity index (χ3n) is 4.41. The van der Waals surface area contributed by atoms with Crippen LogP contribution < -0.4 is 0 Å². The van der Waals surface area contributed by atoms with Crippen LogP contribution in [0.1, 0.15) is 61.9 Å². The number of H-pyrrole nitrogens is 1. The maximum Gasteiger partial charge on any atom is 0.339 e. The first-order valence-electron chi connectivity index (χ1n) is 8.25. The molecule has 1 aromatic carbocycles. The summed E-state index contributed by atoms with van der Waals surface area (Å²) in [5.74, 6) is -1.48. The van der Waals surface area contributed by atoms with Crippen molar-refractivity contribution >= 4 is 23.2 Å². The molecule has 2 rings (SSSR count). The van der Waals surface area contributed by atoms with E-state index in [1.54, 1.807) is 13.8 Å². The minimum Gasteiger partial charge on any atom is -0.451 e. The summed E-state index contributed by atoms with van der Waals surface area (Å²) in [6.45, 7) is 7.59. The van der Waals surface area contributed by atoms with Gasteiger partial charge in [-0.2, -0.15) is 0 Å². The average Bonchev–Trinajstić information content (AvgIpc) is 2.88. The smallest absolute Gasteiger partial charge is 0.339 e.